The first-order valence-corrected chi connectivity index (χ1v) is 7.84. The van der Waals surface area contributed by atoms with E-state index < -0.39 is 0 Å². The molecule has 2 nitrogen and oxygen atoms in total. The van der Waals surface area contributed by atoms with Gasteiger partial charge in [-0.05, 0) is 50.9 Å². The van der Waals surface area contributed by atoms with E-state index in [9.17, 15) is 4.79 Å². The maximum Gasteiger partial charge on any atom is 0.333 e. The Kier molecular flexibility index (Phi) is 6.09. The summed E-state index contributed by atoms with van der Waals surface area (Å²) in [5.41, 5.74) is 0.271. The van der Waals surface area contributed by atoms with Gasteiger partial charge in [0.05, 0.1) is 0 Å². The smallest absolute Gasteiger partial charge is 0.333 e. The minimum Gasteiger partial charge on any atom is -0.455 e. The van der Waals surface area contributed by atoms with E-state index in [4.69, 9.17) is 4.74 Å². The molecule has 1 saturated carbocycles. The summed E-state index contributed by atoms with van der Waals surface area (Å²) in [5.74, 6) is 1.04. The Morgan fingerprint density at radius 1 is 1.37 bits per heavy atom. The highest BCUT2D eigenvalue weighted by Crippen LogP contribution is 2.42. The molecule has 1 atom stereocenters. The van der Waals surface area contributed by atoms with Crippen LogP contribution in [-0.2, 0) is 9.53 Å². The summed E-state index contributed by atoms with van der Waals surface area (Å²) < 4.78 is 5.88. The summed E-state index contributed by atoms with van der Waals surface area (Å²) in [6.07, 6.45) is 8.06. The molecule has 0 bridgehead atoms. The molecule has 0 spiro atoms. The van der Waals surface area contributed by atoms with Crippen LogP contribution in [0.15, 0.2) is 12.2 Å². The van der Waals surface area contributed by atoms with Crippen molar-refractivity contribution in [2.75, 3.05) is 0 Å². The average molecular weight is 266 g/mol. The summed E-state index contributed by atoms with van der Waals surface area (Å²) in [6.45, 7) is 12.1. The maximum absolute atomic E-state index is 11.9. The molecular weight excluding hydrogens is 236 g/mol. The van der Waals surface area contributed by atoms with Crippen molar-refractivity contribution in [3.63, 3.8) is 0 Å². The number of carbonyl (C=O) groups excluding carboxylic acids is 1. The molecule has 0 aromatic rings. The SMILES string of the molecule is C=C(C)C(=O)OC1(C(C)CC)CCC(CCC)CC1. The molecule has 0 aromatic heterocycles. The normalized spacial score (nSPS) is 28.7. The van der Waals surface area contributed by atoms with Crippen LogP contribution in [-0.4, -0.2) is 11.6 Å². The number of rotatable bonds is 6. The first-order chi connectivity index (χ1) is 8.95. The van der Waals surface area contributed by atoms with Crippen LogP contribution in [0.4, 0.5) is 0 Å². The zero-order chi connectivity index (χ0) is 14.5. The fraction of sp³-hybridized carbons (Fsp3) is 0.824. The van der Waals surface area contributed by atoms with E-state index >= 15 is 0 Å². The molecule has 0 amide bonds. The molecule has 110 valence electrons. The van der Waals surface area contributed by atoms with Gasteiger partial charge in [0.15, 0.2) is 0 Å². The highest BCUT2D eigenvalue weighted by atomic mass is 16.6. The highest BCUT2D eigenvalue weighted by molar-refractivity contribution is 5.87. The Morgan fingerprint density at radius 3 is 2.37 bits per heavy atom. The Labute approximate surface area is 118 Å². The number of esters is 1. The number of ether oxygens (including phenoxy) is 1. The molecular formula is C17H30O2. The summed E-state index contributed by atoms with van der Waals surface area (Å²) in [7, 11) is 0. The minimum absolute atomic E-state index is 0.214. The van der Waals surface area contributed by atoms with Crippen molar-refractivity contribution in [3.05, 3.63) is 12.2 Å². The zero-order valence-corrected chi connectivity index (χ0v) is 13.1. The van der Waals surface area contributed by atoms with E-state index in [1.165, 1.54) is 25.7 Å². The molecule has 2 heteroatoms. The highest BCUT2D eigenvalue weighted by Gasteiger charge is 2.42. The van der Waals surface area contributed by atoms with Crippen LogP contribution in [0.25, 0.3) is 0 Å². The van der Waals surface area contributed by atoms with Gasteiger partial charge in [-0.2, -0.15) is 0 Å². The second-order valence-electron chi connectivity index (χ2n) is 6.28. The fourth-order valence-corrected chi connectivity index (χ4v) is 3.20. The third-order valence-electron chi connectivity index (χ3n) is 4.80. The Balaban J connectivity index is 2.74. The molecule has 19 heavy (non-hydrogen) atoms. The van der Waals surface area contributed by atoms with Crippen molar-refractivity contribution in [2.24, 2.45) is 11.8 Å². The molecule has 0 N–H and O–H groups in total. The van der Waals surface area contributed by atoms with Crippen LogP contribution >= 0.6 is 0 Å². The van der Waals surface area contributed by atoms with E-state index in [2.05, 4.69) is 27.4 Å². The Hall–Kier alpha value is -0.790. The van der Waals surface area contributed by atoms with Crippen molar-refractivity contribution >= 4 is 5.97 Å². The van der Waals surface area contributed by atoms with Gasteiger partial charge in [-0.3, -0.25) is 0 Å². The molecule has 1 aliphatic carbocycles. The van der Waals surface area contributed by atoms with Crippen LogP contribution in [0.5, 0.6) is 0 Å². The zero-order valence-electron chi connectivity index (χ0n) is 13.1. The van der Waals surface area contributed by atoms with E-state index in [1.807, 2.05) is 0 Å². The monoisotopic (exact) mass is 266 g/mol. The van der Waals surface area contributed by atoms with Crippen LogP contribution in [0.1, 0.15) is 72.6 Å². The summed E-state index contributed by atoms with van der Waals surface area (Å²) in [4.78, 5) is 11.9. The van der Waals surface area contributed by atoms with Gasteiger partial charge in [0, 0.05) is 5.57 Å². The van der Waals surface area contributed by atoms with Gasteiger partial charge < -0.3 is 4.74 Å². The summed E-state index contributed by atoms with van der Waals surface area (Å²) in [5, 5.41) is 0. The second-order valence-corrected chi connectivity index (χ2v) is 6.28. The predicted molar refractivity (Wildman–Crippen MR) is 80.0 cm³/mol. The third-order valence-corrected chi connectivity index (χ3v) is 4.80. The number of hydrogen-bond acceptors (Lipinski definition) is 2. The van der Waals surface area contributed by atoms with E-state index in [-0.39, 0.29) is 11.6 Å². The van der Waals surface area contributed by atoms with Crippen molar-refractivity contribution < 1.29 is 9.53 Å². The van der Waals surface area contributed by atoms with Gasteiger partial charge in [0.25, 0.3) is 0 Å². The average Bonchev–Trinajstić information content (AvgIpc) is 2.40. The first-order valence-electron chi connectivity index (χ1n) is 7.84. The topological polar surface area (TPSA) is 26.3 Å². The van der Waals surface area contributed by atoms with Crippen molar-refractivity contribution in [1.82, 2.24) is 0 Å². The maximum atomic E-state index is 11.9. The third kappa shape index (κ3) is 4.09. The van der Waals surface area contributed by atoms with Gasteiger partial charge >= 0.3 is 5.97 Å². The molecule has 1 unspecified atom stereocenters. The molecule has 0 radical (unpaired) electrons. The van der Waals surface area contributed by atoms with Gasteiger partial charge in [0.2, 0.25) is 0 Å². The van der Waals surface area contributed by atoms with E-state index in [0.29, 0.717) is 11.5 Å². The molecule has 0 heterocycles. The number of carbonyl (C=O) groups is 1. The molecule has 0 aromatic carbocycles. The quantitative estimate of drug-likeness (QED) is 0.506. The molecule has 1 fully saturated rings. The largest absolute Gasteiger partial charge is 0.455 e. The minimum atomic E-state index is -0.241. The second kappa shape index (κ2) is 7.12. The lowest BCUT2D eigenvalue weighted by atomic mass is 9.71. The lowest BCUT2D eigenvalue weighted by Crippen LogP contribution is -2.44. The Morgan fingerprint density at radius 2 is 1.95 bits per heavy atom. The van der Waals surface area contributed by atoms with Crippen molar-refractivity contribution in [2.45, 2.75) is 78.2 Å². The van der Waals surface area contributed by atoms with Crippen LogP contribution in [0, 0.1) is 11.8 Å². The van der Waals surface area contributed by atoms with Gasteiger partial charge in [-0.25, -0.2) is 4.79 Å². The molecule has 1 rings (SSSR count). The Bertz CT molecular complexity index is 311. The molecule has 0 aliphatic heterocycles. The van der Waals surface area contributed by atoms with E-state index in [1.54, 1.807) is 6.92 Å². The lowest BCUT2D eigenvalue weighted by molar-refractivity contribution is -0.167. The molecule has 0 saturated heterocycles. The van der Waals surface area contributed by atoms with Crippen LogP contribution < -0.4 is 0 Å². The van der Waals surface area contributed by atoms with Gasteiger partial charge in [0.1, 0.15) is 5.60 Å². The lowest BCUT2D eigenvalue weighted by Gasteiger charge is -2.43. The number of hydrogen-bond donors (Lipinski definition) is 0. The molecule has 1 aliphatic rings. The fourth-order valence-electron chi connectivity index (χ4n) is 3.20. The van der Waals surface area contributed by atoms with Gasteiger partial charge in [-0.15, -0.1) is 0 Å². The van der Waals surface area contributed by atoms with Crippen LogP contribution in [0.3, 0.4) is 0 Å². The van der Waals surface area contributed by atoms with E-state index in [0.717, 1.165) is 25.2 Å². The summed E-state index contributed by atoms with van der Waals surface area (Å²) >= 11 is 0. The predicted octanol–water partition coefficient (Wildman–Crippen LogP) is 4.88. The van der Waals surface area contributed by atoms with Gasteiger partial charge in [-0.1, -0.05) is 40.2 Å². The summed E-state index contributed by atoms with van der Waals surface area (Å²) in [6, 6.07) is 0. The standard InChI is InChI=1S/C17H30O2/c1-6-8-15-9-11-17(12-10-15,14(5)7-2)19-16(18)13(3)4/h14-15H,3,6-12H2,1-2,4-5H3. The van der Waals surface area contributed by atoms with Crippen LogP contribution in [0.2, 0.25) is 0 Å². The first kappa shape index (κ1) is 16.3. The van der Waals surface area contributed by atoms with Crippen molar-refractivity contribution in [1.29, 1.82) is 0 Å². The van der Waals surface area contributed by atoms with Crippen molar-refractivity contribution in [3.8, 4) is 0 Å².